The average Bonchev–Trinajstić information content (AvgIpc) is 2.49. The number of nitrogens with one attached hydrogen (secondary N) is 1. The van der Waals surface area contributed by atoms with Crippen LogP contribution >= 0.6 is 27.3 Å². The van der Waals surface area contributed by atoms with E-state index < -0.39 is 6.04 Å². The molecule has 4 nitrogen and oxygen atoms in total. The van der Waals surface area contributed by atoms with Gasteiger partial charge in [-0.2, -0.15) is 0 Å². The molecule has 13 heavy (non-hydrogen) atoms. The molecule has 0 aliphatic carbocycles. The minimum Gasteiger partial charge on any atom is -0.394 e. The Labute approximate surface area is 87.9 Å². The largest absolute Gasteiger partial charge is 0.394 e. The van der Waals surface area contributed by atoms with Crippen molar-refractivity contribution in [1.82, 2.24) is 0 Å². The second-order valence-corrected chi connectivity index (χ2v) is 4.85. The fourth-order valence-corrected chi connectivity index (χ4v) is 1.97. The lowest BCUT2D eigenvalue weighted by Gasteiger charge is -2.06. The predicted molar refractivity (Wildman–Crippen MR) is 55.7 cm³/mol. The second-order valence-electron chi connectivity index (χ2n) is 2.38. The summed E-state index contributed by atoms with van der Waals surface area (Å²) in [4.78, 5) is 11.1. The molecule has 0 aromatic carbocycles. The van der Waals surface area contributed by atoms with Crippen molar-refractivity contribution >= 4 is 38.2 Å². The van der Waals surface area contributed by atoms with E-state index in [4.69, 9.17) is 10.8 Å². The molecule has 1 aromatic heterocycles. The molecule has 0 fully saturated rings. The van der Waals surface area contributed by atoms with Crippen LogP contribution in [0.2, 0.25) is 0 Å². The summed E-state index contributed by atoms with van der Waals surface area (Å²) in [6, 6.07) is 2.72. The van der Waals surface area contributed by atoms with Gasteiger partial charge in [0.15, 0.2) is 0 Å². The van der Waals surface area contributed by atoms with Crippen LogP contribution in [0.3, 0.4) is 0 Å². The van der Waals surface area contributed by atoms with Gasteiger partial charge >= 0.3 is 0 Å². The predicted octanol–water partition coefficient (Wildman–Crippen LogP) is 0.769. The first-order valence-electron chi connectivity index (χ1n) is 3.56. The van der Waals surface area contributed by atoms with E-state index in [1.807, 2.05) is 6.07 Å². The van der Waals surface area contributed by atoms with Gasteiger partial charge in [0.05, 0.1) is 15.4 Å². The quantitative estimate of drug-likeness (QED) is 0.755. The molecule has 6 heteroatoms. The third kappa shape index (κ3) is 3.07. The van der Waals surface area contributed by atoms with Gasteiger partial charge in [0, 0.05) is 0 Å². The molecule has 0 aliphatic rings. The Kier molecular flexibility index (Phi) is 3.86. The minimum atomic E-state index is -0.860. The first-order chi connectivity index (χ1) is 6.13. The summed E-state index contributed by atoms with van der Waals surface area (Å²) in [7, 11) is 0. The van der Waals surface area contributed by atoms with Crippen LogP contribution in [0.4, 0.5) is 5.00 Å². The SMILES string of the molecule is NC(CO)C(=O)Nc1ccc(Br)s1. The maximum absolute atomic E-state index is 11.1. The molecule has 0 saturated heterocycles. The van der Waals surface area contributed by atoms with E-state index in [9.17, 15) is 4.79 Å². The Hall–Kier alpha value is -0.430. The van der Waals surface area contributed by atoms with E-state index in [0.717, 1.165) is 3.79 Å². The van der Waals surface area contributed by atoms with Crippen LogP contribution in [-0.4, -0.2) is 23.7 Å². The number of carbonyl (C=O) groups excluding carboxylic acids is 1. The molecule has 0 aliphatic heterocycles. The molecule has 1 amide bonds. The van der Waals surface area contributed by atoms with Crippen molar-refractivity contribution in [3.8, 4) is 0 Å². The van der Waals surface area contributed by atoms with E-state index in [1.54, 1.807) is 6.07 Å². The number of nitrogens with two attached hydrogens (primary N) is 1. The summed E-state index contributed by atoms with van der Waals surface area (Å²) >= 11 is 4.65. The van der Waals surface area contributed by atoms with E-state index in [0.29, 0.717) is 5.00 Å². The number of aliphatic hydroxyl groups is 1. The molecule has 4 N–H and O–H groups in total. The minimum absolute atomic E-state index is 0.349. The van der Waals surface area contributed by atoms with E-state index >= 15 is 0 Å². The van der Waals surface area contributed by atoms with Crippen molar-refractivity contribution in [3.63, 3.8) is 0 Å². The summed E-state index contributed by atoms with van der Waals surface area (Å²) in [6.45, 7) is -0.349. The molecule has 1 rings (SSSR count). The van der Waals surface area contributed by atoms with E-state index in [1.165, 1.54) is 11.3 Å². The molecule has 1 heterocycles. The standard InChI is InChI=1S/C7H9BrN2O2S/c8-5-1-2-6(13-5)10-7(12)4(9)3-11/h1-2,4,11H,3,9H2,(H,10,12). The van der Waals surface area contributed by atoms with Gasteiger partial charge in [-0.15, -0.1) is 11.3 Å². The van der Waals surface area contributed by atoms with Crippen molar-refractivity contribution in [3.05, 3.63) is 15.9 Å². The highest BCUT2D eigenvalue weighted by atomic mass is 79.9. The van der Waals surface area contributed by atoms with Crippen molar-refractivity contribution in [2.75, 3.05) is 11.9 Å². The van der Waals surface area contributed by atoms with Crippen molar-refractivity contribution in [2.24, 2.45) is 5.73 Å². The zero-order valence-corrected chi connectivity index (χ0v) is 9.06. The third-order valence-electron chi connectivity index (χ3n) is 1.35. The van der Waals surface area contributed by atoms with Crippen LogP contribution in [0.1, 0.15) is 0 Å². The highest BCUT2D eigenvalue weighted by Gasteiger charge is 2.12. The van der Waals surface area contributed by atoms with Crippen LogP contribution in [0.5, 0.6) is 0 Å². The molecule has 1 unspecified atom stereocenters. The molecule has 1 atom stereocenters. The Balaban J connectivity index is 2.54. The van der Waals surface area contributed by atoms with Crippen LogP contribution < -0.4 is 11.1 Å². The monoisotopic (exact) mass is 264 g/mol. The fourth-order valence-electron chi connectivity index (χ4n) is 0.679. The number of anilines is 1. The van der Waals surface area contributed by atoms with Gasteiger partial charge in [0.25, 0.3) is 0 Å². The van der Waals surface area contributed by atoms with Gasteiger partial charge in [0.2, 0.25) is 5.91 Å². The van der Waals surface area contributed by atoms with Gasteiger partial charge in [-0.1, -0.05) is 0 Å². The smallest absolute Gasteiger partial charge is 0.244 e. The summed E-state index contributed by atoms with van der Waals surface area (Å²) in [5.41, 5.74) is 5.30. The average molecular weight is 265 g/mol. The van der Waals surface area contributed by atoms with Crippen molar-refractivity contribution in [2.45, 2.75) is 6.04 Å². The van der Waals surface area contributed by atoms with Gasteiger partial charge < -0.3 is 16.2 Å². The lowest BCUT2D eigenvalue weighted by Crippen LogP contribution is -2.38. The third-order valence-corrected chi connectivity index (χ3v) is 2.89. The van der Waals surface area contributed by atoms with Crippen LogP contribution in [0.25, 0.3) is 0 Å². The first-order valence-corrected chi connectivity index (χ1v) is 5.17. The summed E-state index contributed by atoms with van der Waals surface area (Å²) in [5.74, 6) is -0.378. The molecule has 0 saturated carbocycles. The van der Waals surface area contributed by atoms with Gasteiger partial charge in [-0.05, 0) is 28.1 Å². The Bertz CT molecular complexity index is 302. The maximum atomic E-state index is 11.1. The van der Waals surface area contributed by atoms with Crippen LogP contribution in [0, 0.1) is 0 Å². The van der Waals surface area contributed by atoms with Gasteiger partial charge in [0.1, 0.15) is 6.04 Å². The number of hydrogen-bond acceptors (Lipinski definition) is 4. The molecule has 72 valence electrons. The first kappa shape index (κ1) is 10.6. The molecular formula is C7H9BrN2O2S. The number of aliphatic hydroxyl groups excluding tert-OH is 1. The van der Waals surface area contributed by atoms with Gasteiger partial charge in [-0.3, -0.25) is 4.79 Å². The molecule has 0 radical (unpaired) electrons. The summed E-state index contributed by atoms with van der Waals surface area (Å²) in [5, 5.41) is 11.9. The number of hydrogen-bond donors (Lipinski definition) is 3. The van der Waals surface area contributed by atoms with E-state index in [2.05, 4.69) is 21.2 Å². The molecule has 0 spiro atoms. The number of halogens is 1. The second kappa shape index (κ2) is 4.71. The highest BCUT2D eigenvalue weighted by Crippen LogP contribution is 2.26. The maximum Gasteiger partial charge on any atom is 0.244 e. The van der Waals surface area contributed by atoms with E-state index in [-0.39, 0.29) is 12.5 Å². The van der Waals surface area contributed by atoms with Crippen molar-refractivity contribution < 1.29 is 9.90 Å². The fraction of sp³-hybridized carbons (Fsp3) is 0.286. The lowest BCUT2D eigenvalue weighted by atomic mass is 10.3. The highest BCUT2D eigenvalue weighted by molar-refractivity contribution is 9.11. The van der Waals surface area contributed by atoms with Crippen LogP contribution in [0.15, 0.2) is 15.9 Å². The zero-order valence-electron chi connectivity index (χ0n) is 6.66. The van der Waals surface area contributed by atoms with Crippen molar-refractivity contribution in [1.29, 1.82) is 0 Å². The van der Waals surface area contributed by atoms with Gasteiger partial charge in [-0.25, -0.2) is 0 Å². The summed E-state index contributed by atoms with van der Waals surface area (Å²) < 4.78 is 0.931. The Morgan fingerprint density at radius 2 is 2.46 bits per heavy atom. The van der Waals surface area contributed by atoms with Crippen LogP contribution in [-0.2, 0) is 4.79 Å². The summed E-state index contributed by atoms with van der Waals surface area (Å²) in [6.07, 6.45) is 0. The Morgan fingerprint density at radius 3 is 2.92 bits per heavy atom. The number of amides is 1. The molecule has 0 bridgehead atoms. The molecular weight excluding hydrogens is 256 g/mol. The zero-order chi connectivity index (χ0) is 9.84. The number of thiophene rings is 1. The number of carbonyl (C=O) groups is 1. The topological polar surface area (TPSA) is 75.3 Å². The lowest BCUT2D eigenvalue weighted by molar-refractivity contribution is -0.118. The number of rotatable bonds is 3. The Morgan fingerprint density at radius 1 is 1.77 bits per heavy atom. The normalized spacial score (nSPS) is 12.5. The molecule has 1 aromatic rings.